The number of carbonyl (C=O) groups is 1. The maximum Gasteiger partial charge on any atom is 0.211 e. The van der Waals surface area contributed by atoms with Crippen molar-refractivity contribution in [2.75, 3.05) is 19.3 Å². The summed E-state index contributed by atoms with van der Waals surface area (Å²) >= 11 is 0. The van der Waals surface area contributed by atoms with Crippen LogP contribution in [0.4, 0.5) is 0 Å². The van der Waals surface area contributed by atoms with E-state index in [4.69, 9.17) is 4.42 Å². The Kier molecular flexibility index (Phi) is 4.65. The summed E-state index contributed by atoms with van der Waals surface area (Å²) in [7, 11) is -3.16. The summed E-state index contributed by atoms with van der Waals surface area (Å²) in [5.74, 6) is 0.868. The van der Waals surface area contributed by atoms with E-state index < -0.39 is 10.0 Å². The first kappa shape index (κ1) is 15.3. The third-order valence-electron chi connectivity index (χ3n) is 3.79. The predicted molar refractivity (Wildman–Crippen MR) is 76.2 cm³/mol. The van der Waals surface area contributed by atoms with Crippen molar-refractivity contribution in [1.29, 1.82) is 0 Å². The van der Waals surface area contributed by atoms with Crippen LogP contribution in [-0.2, 0) is 16.4 Å². The van der Waals surface area contributed by atoms with Crippen molar-refractivity contribution < 1.29 is 17.6 Å². The lowest BCUT2D eigenvalue weighted by atomic mass is 9.92. The Morgan fingerprint density at radius 1 is 1.50 bits per heavy atom. The van der Waals surface area contributed by atoms with Crippen molar-refractivity contribution in [2.45, 2.75) is 32.6 Å². The molecular weight excluding hydrogens is 278 g/mol. The van der Waals surface area contributed by atoms with Crippen LogP contribution in [0.15, 0.2) is 16.7 Å². The first-order valence-corrected chi connectivity index (χ1v) is 8.81. The molecule has 20 heavy (non-hydrogen) atoms. The number of furan rings is 1. The quantitative estimate of drug-likeness (QED) is 0.781. The number of hydrogen-bond donors (Lipinski definition) is 0. The van der Waals surface area contributed by atoms with Gasteiger partial charge in [-0.15, -0.1) is 0 Å². The second-order valence-electron chi connectivity index (χ2n) is 5.37. The predicted octanol–water partition coefficient (Wildman–Crippen LogP) is 2.09. The van der Waals surface area contributed by atoms with E-state index in [1.54, 1.807) is 6.07 Å². The Morgan fingerprint density at radius 3 is 2.90 bits per heavy atom. The summed E-state index contributed by atoms with van der Waals surface area (Å²) < 4.78 is 29.9. The molecule has 0 spiro atoms. The van der Waals surface area contributed by atoms with Gasteiger partial charge in [-0.3, -0.25) is 4.79 Å². The lowest BCUT2D eigenvalue weighted by Gasteiger charge is -2.30. The van der Waals surface area contributed by atoms with Crippen molar-refractivity contribution in [3.63, 3.8) is 0 Å². The van der Waals surface area contributed by atoms with Gasteiger partial charge in [0.15, 0.2) is 5.78 Å². The van der Waals surface area contributed by atoms with E-state index in [0.717, 1.165) is 12.8 Å². The van der Waals surface area contributed by atoms with Gasteiger partial charge in [-0.25, -0.2) is 12.7 Å². The maximum absolute atomic E-state index is 12.3. The molecule has 0 amide bonds. The van der Waals surface area contributed by atoms with E-state index in [2.05, 4.69) is 0 Å². The SMILES string of the molecule is CCc1occc1C(=O)CC1CCCN(S(C)(=O)=O)C1. The van der Waals surface area contributed by atoms with Crippen molar-refractivity contribution >= 4 is 15.8 Å². The van der Waals surface area contributed by atoms with Crippen LogP contribution in [0, 0.1) is 5.92 Å². The average Bonchev–Trinajstić information content (AvgIpc) is 2.86. The molecule has 1 aliphatic heterocycles. The summed E-state index contributed by atoms with van der Waals surface area (Å²) in [5.41, 5.74) is 0.643. The highest BCUT2D eigenvalue weighted by Crippen LogP contribution is 2.24. The average molecular weight is 299 g/mol. The van der Waals surface area contributed by atoms with Crippen molar-refractivity contribution in [1.82, 2.24) is 4.31 Å². The van der Waals surface area contributed by atoms with Crippen LogP contribution < -0.4 is 0 Å². The Hall–Kier alpha value is -1.14. The molecule has 0 radical (unpaired) electrons. The minimum atomic E-state index is -3.16. The highest BCUT2D eigenvalue weighted by atomic mass is 32.2. The Labute approximate surface area is 120 Å². The van der Waals surface area contributed by atoms with Gasteiger partial charge in [0.05, 0.1) is 18.1 Å². The zero-order valence-corrected chi connectivity index (χ0v) is 12.8. The van der Waals surface area contributed by atoms with Crippen molar-refractivity contribution in [2.24, 2.45) is 5.92 Å². The molecule has 0 aliphatic carbocycles. The lowest BCUT2D eigenvalue weighted by Crippen LogP contribution is -2.39. The van der Waals surface area contributed by atoms with E-state index in [1.807, 2.05) is 6.92 Å². The second-order valence-corrected chi connectivity index (χ2v) is 7.35. The van der Waals surface area contributed by atoms with Crippen LogP contribution in [0.3, 0.4) is 0 Å². The number of carbonyl (C=O) groups excluding carboxylic acids is 1. The number of nitrogens with zero attached hydrogens (tertiary/aromatic N) is 1. The Bertz CT molecular complexity index is 576. The van der Waals surface area contributed by atoms with Crippen LogP contribution in [0.25, 0.3) is 0 Å². The van der Waals surface area contributed by atoms with Gasteiger partial charge in [0, 0.05) is 25.9 Å². The highest BCUT2D eigenvalue weighted by Gasteiger charge is 2.28. The van der Waals surface area contributed by atoms with Crippen molar-refractivity contribution in [3.05, 3.63) is 23.7 Å². The zero-order valence-electron chi connectivity index (χ0n) is 12.0. The largest absolute Gasteiger partial charge is 0.469 e. The van der Waals surface area contributed by atoms with Gasteiger partial charge in [-0.1, -0.05) is 6.92 Å². The van der Waals surface area contributed by atoms with E-state index in [9.17, 15) is 13.2 Å². The van der Waals surface area contributed by atoms with Gasteiger partial charge < -0.3 is 4.42 Å². The summed E-state index contributed by atoms with van der Waals surface area (Å²) in [4.78, 5) is 12.3. The molecule has 1 aromatic rings. The van der Waals surface area contributed by atoms with Crippen LogP contribution in [0.5, 0.6) is 0 Å². The summed E-state index contributed by atoms with van der Waals surface area (Å²) in [5, 5.41) is 0. The fourth-order valence-electron chi connectivity index (χ4n) is 2.73. The molecule has 0 N–H and O–H groups in total. The van der Waals surface area contributed by atoms with Crippen LogP contribution in [-0.4, -0.2) is 37.9 Å². The first-order chi connectivity index (χ1) is 9.41. The van der Waals surface area contributed by atoms with E-state index in [1.165, 1.54) is 16.8 Å². The third-order valence-corrected chi connectivity index (χ3v) is 5.06. The monoisotopic (exact) mass is 299 g/mol. The molecule has 1 atom stereocenters. The van der Waals surface area contributed by atoms with Gasteiger partial charge >= 0.3 is 0 Å². The second kappa shape index (κ2) is 6.10. The third kappa shape index (κ3) is 3.49. The van der Waals surface area contributed by atoms with Gasteiger partial charge in [0.1, 0.15) is 5.76 Å². The minimum absolute atomic E-state index is 0.0518. The smallest absolute Gasteiger partial charge is 0.211 e. The first-order valence-electron chi connectivity index (χ1n) is 6.96. The Balaban J connectivity index is 2.01. The molecule has 5 nitrogen and oxygen atoms in total. The Morgan fingerprint density at radius 2 is 2.25 bits per heavy atom. The molecule has 1 saturated heterocycles. The number of aryl methyl sites for hydroxylation is 1. The molecule has 0 saturated carbocycles. The van der Waals surface area contributed by atoms with Crippen LogP contribution in [0.1, 0.15) is 42.3 Å². The van der Waals surface area contributed by atoms with Gasteiger partial charge in [0.25, 0.3) is 0 Å². The summed E-state index contributed by atoms with van der Waals surface area (Å²) in [6.45, 7) is 2.96. The van der Waals surface area contributed by atoms with Gasteiger partial charge in [-0.05, 0) is 24.8 Å². The summed E-state index contributed by atoms with van der Waals surface area (Å²) in [6.07, 6.45) is 5.55. The molecule has 1 aliphatic rings. The molecule has 6 heteroatoms. The molecule has 2 heterocycles. The number of hydrogen-bond acceptors (Lipinski definition) is 4. The highest BCUT2D eigenvalue weighted by molar-refractivity contribution is 7.88. The van der Waals surface area contributed by atoms with Gasteiger partial charge in [0.2, 0.25) is 10.0 Å². The molecule has 112 valence electrons. The molecular formula is C14H21NO4S. The molecule has 1 aromatic heterocycles. The molecule has 0 bridgehead atoms. The molecule has 1 unspecified atom stereocenters. The molecule has 0 aromatic carbocycles. The fourth-order valence-corrected chi connectivity index (χ4v) is 3.67. The summed E-state index contributed by atoms with van der Waals surface area (Å²) in [6, 6.07) is 1.71. The molecule has 1 fully saturated rings. The van der Waals surface area contributed by atoms with E-state index >= 15 is 0 Å². The zero-order chi connectivity index (χ0) is 14.8. The maximum atomic E-state index is 12.3. The number of ketones is 1. The van der Waals surface area contributed by atoms with Crippen LogP contribution >= 0.6 is 0 Å². The standard InChI is InChI=1S/C14H21NO4S/c1-3-14-12(6-8-19-14)13(16)9-11-5-4-7-15(10-11)20(2,17)18/h6,8,11H,3-5,7,9-10H2,1-2H3. The fraction of sp³-hybridized carbons (Fsp3) is 0.643. The number of rotatable bonds is 5. The normalized spacial score (nSPS) is 21.0. The topological polar surface area (TPSA) is 67.6 Å². The van der Waals surface area contributed by atoms with Crippen molar-refractivity contribution in [3.8, 4) is 0 Å². The van der Waals surface area contributed by atoms with Gasteiger partial charge in [-0.2, -0.15) is 0 Å². The van der Waals surface area contributed by atoms with E-state index in [0.29, 0.717) is 37.3 Å². The number of piperidine rings is 1. The lowest BCUT2D eigenvalue weighted by molar-refractivity contribution is 0.0940. The van der Waals surface area contributed by atoms with E-state index in [-0.39, 0.29) is 11.7 Å². The minimum Gasteiger partial charge on any atom is -0.469 e. The number of sulfonamides is 1. The van der Waals surface area contributed by atoms with Crippen LogP contribution in [0.2, 0.25) is 0 Å². The number of Topliss-reactive ketones (excluding diaryl/α,β-unsaturated/α-hetero) is 1. The molecule has 2 rings (SSSR count).